The molecule has 0 radical (unpaired) electrons. The van der Waals surface area contributed by atoms with Crippen LogP contribution in [0.15, 0.2) is 0 Å². The minimum absolute atomic E-state index is 0.0574. The maximum Gasteiger partial charge on any atom is 0.309 e. The molecule has 1 fully saturated rings. The van der Waals surface area contributed by atoms with Gasteiger partial charge in [-0.3, -0.25) is 4.48 Å². The Hall–Kier alpha value is -0.120. The molecule has 0 amide bonds. The average molecular weight is 216 g/mol. The second-order valence-corrected chi connectivity index (χ2v) is 5.26. The molecule has 15 heavy (non-hydrogen) atoms. The van der Waals surface area contributed by atoms with Crippen LogP contribution in [0.25, 0.3) is 0 Å². The van der Waals surface area contributed by atoms with Gasteiger partial charge in [-0.15, -0.1) is 0 Å². The molecule has 0 aromatic carbocycles. The molecule has 0 aromatic rings. The Morgan fingerprint density at radius 1 is 1.00 bits per heavy atom. The Labute approximate surface area is 93.9 Å². The number of hydrogen-bond donors (Lipinski definition) is 0. The molecular formula is C12H26NO2+. The Morgan fingerprint density at radius 3 is 1.73 bits per heavy atom. The van der Waals surface area contributed by atoms with Crippen LogP contribution >= 0.6 is 0 Å². The van der Waals surface area contributed by atoms with E-state index in [0.29, 0.717) is 0 Å². The molecule has 3 heteroatoms. The Balaban J connectivity index is 2.64. The summed E-state index contributed by atoms with van der Waals surface area (Å²) in [5, 5.41) is 0. The molecule has 0 bridgehead atoms. The zero-order chi connectivity index (χ0) is 11.5. The highest BCUT2D eigenvalue weighted by Crippen LogP contribution is 2.27. The first-order valence-corrected chi connectivity index (χ1v) is 6.08. The molecule has 0 aromatic heterocycles. The van der Waals surface area contributed by atoms with E-state index >= 15 is 0 Å². The van der Waals surface area contributed by atoms with Crippen LogP contribution in [0.4, 0.5) is 0 Å². The summed E-state index contributed by atoms with van der Waals surface area (Å²) in [7, 11) is 0. The average Bonchev–Trinajstić information content (AvgIpc) is 2.23. The van der Waals surface area contributed by atoms with E-state index in [0.717, 1.165) is 37.3 Å². The van der Waals surface area contributed by atoms with Crippen LogP contribution in [0.3, 0.4) is 0 Å². The first-order valence-electron chi connectivity index (χ1n) is 6.08. The standard InChI is InChI=1S/C12H26NO2/c1-6-13(7-2,8-3)11-14-9-12(4,5)10-15-11/h11H,6-10H2,1-5H3/q+1. The topological polar surface area (TPSA) is 18.5 Å². The first-order chi connectivity index (χ1) is 6.99. The van der Waals surface area contributed by atoms with Crippen molar-refractivity contribution in [2.24, 2.45) is 5.41 Å². The van der Waals surface area contributed by atoms with Gasteiger partial charge in [0.2, 0.25) is 0 Å². The largest absolute Gasteiger partial charge is 0.309 e. The van der Waals surface area contributed by atoms with E-state index in [-0.39, 0.29) is 11.8 Å². The van der Waals surface area contributed by atoms with E-state index in [9.17, 15) is 0 Å². The van der Waals surface area contributed by atoms with Crippen molar-refractivity contribution in [2.75, 3.05) is 32.8 Å². The van der Waals surface area contributed by atoms with Crippen LogP contribution in [0, 0.1) is 5.41 Å². The number of hydrogen-bond acceptors (Lipinski definition) is 2. The van der Waals surface area contributed by atoms with Crippen molar-refractivity contribution in [2.45, 2.75) is 41.0 Å². The van der Waals surface area contributed by atoms with Gasteiger partial charge in [-0.2, -0.15) is 0 Å². The van der Waals surface area contributed by atoms with Crippen molar-refractivity contribution in [1.82, 2.24) is 0 Å². The second kappa shape index (κ2) is 4.81. The summed E-state index contributed by atoms with van der Waals surface area (Å²) in [6, 6.07) is 0. The zero-order valence-electron chi connectivity index (χ0n) is 10.9. The third-order valence-electron chi connectivity index (χ3n) is 3.57. The van der Waals surface area contributed by atoms with Gasteiger partial charge in [0, 0.05) is 5.41 Å². The van der Waals surface area contributed by atoms with Gasteiger partial charge in [0.25, 0.3) is 0 Å². The molecule has 0 spiro atoms. The summed E-state index contributed by atoms with van der Waals surface area (Å²) >= 11 is 0. The van der Waals surface area contributed by atoms with Gasteiger partial charge in [0.1, 0.15) is 0 Å². The van der Waals surface area contributed by atoms with Crippen molar-refractivity contribution >= 4 is 0 Å². The van der Waals surface area contributed by atoms with E-state index in [4.69, 9.17) is 9.47 Å². The summed E-state index contributed by atoms with van der Waals surface area (Å²) in [5.74, 6) is 0. The third-order valence-corrected chi connectivity index (χ3v) is 3.57. The van der Waals surface area contributed by atoms with Crippen LogP contribution in [0.2, 0.25) is 0 Å². The highest BCUT2D eigenvalue weighted by atomic mass is 16.7. The van der Waals surface area contributed by atoms with Crippen molar-refractivity contribution in [3.63, 3.8) is 0 Å². The Morgan fingerprint density at radius 2 is 1.40 bits per heavy atom. The molecule has 0 N–H and O–H groups in total. The number of rotatable bonds is 4. The van der Waals surface area contributed by atoms with Gasteiger partial charge in [0.05, 0.1) is 32.8 Å². The van der Waals surface area contributed by atoms with Crippen molar-refractivity contribution in [1.29, 1.82) is 0 Å². The van der Waals surface area contributed by atoms with E-state index in [1.165, 1.54) is 0 Å². The van der Waals surface area contributed by atoms with Crippen LogP contribution in [-0.2, 0) is 9.47 Å². The molecule has 1 aliphatic heterocycles. The second-order valence-electron chi connectivity index (χ2n) is 5.26. The highest BCUT2D eigenvalue weighted by molar-refractivity contribution is 4.69. The van der Waals surface area contributed by atoms with E-state index < -0.39 is 0 Å². The molecule has 1 saturated heterocycles. The molecule has 3 nitrogen and oxygen atoms in total. The predicted octanol–water partition coefficient (Wildman–Crippen LogP) is 2.22. The summed E-state index contributed by atoms with van der Waals surface area (Å²) < 4.78 is 12.7. The molecule has 0 saturated carbocycles. The van der Waals surface area contributed by atoms with Gasteiger partial charge in [-0.25, -0.2) is 0 Å². The van der Waals surface area contributed by atoms with Crippen LogP contribution in [0.1, 0.15) is 34.6 Å². The smallest absolute Gasteiger partial charge is 0.305 e. The van der Waals surface area contributed by atoms with Crippen molar-refractivity contribution in [3.05, 3.63) is 0 Å². The first kappa shape index (κ1) is 12.9. The summed E-state index contributed by atoms with van der Waals surface area (Å²) in [5.41, 5.74) is 0.168. The molecule has 1 rings (SSSR count). The fourth-order valence-electron chi connectivity index (χ4n) is 2.12. The minimum Gasteiger partial charge on any atom is -0.305 e. The van der Waals surface area contributed by atoms with E-state index in [2.05, 4.69) is 34.6 Å². The molecule has 0 aliphatic carbocycles. The predicted molar refractivity (Wildman–Crippen MR) is 61.4 cm³/mol. The summed E-state index contributed by atoms with van der Waals surface area (Å²) in [6.45, 7) is 15.8. The van der Waals surface area contributed by atoms with Gasteiger partial charge in [0.15, 0.2) is 0 Å². The Kier molecular flexibility index (Phi) is 4.15. The SMILES string of the molecule is CC[N+](CC)(CC)C1OCC(C)(C)CO1. The van der Waals surface area contributed by atoms with Gasteiger partial charge in [-0.05, 0) is 20.8 Å². The number of ether oxygens (including phenoxy) is 2. The minimum atomic E-state index is -0.0574. The molecule has 90 valence electrons. The lowest BCUT2D eigenvalue weighted by Gasteiger charge is -2.45. The van der Waals surface area contributed by atoms with Crippen LogP contribution < -0.4 is 0 Å². The summed E-state index contributed by atoms with van der Waals surface area (Å²) in [6.07, 6.45) is -0.0574. The number of quaternary nitrogens is 1. The van der Waals surface area contributed by atoms with Gasteiger partial charge < -0.3 is 9.47 Å². The Bertz CT molecular complexity index is 182. The molecule has 0 atom stereocenters. The van der Waals surface area contributed by atoms with Crippen LogP contribution in [0.5, 0.6) is 0 Å². The molecule has 0 unspecified atom stereocenters. The molecular weight excluding hydrogens is 190 g/mol. The lowest BCUT2D eigenvalue weighted by atomic mass is 9.96. The number of nitrogens with zero attached hydrogens (tertiary/aromatic N) is 1. The lowest BCUT2D eigenvalue weighted by molar-refractivity contribution is -0.993. The van der Waals surface area contributed by atoms with Gasteiger partial charge in [-0.1, -0.05) is 13.8 Å². The molecule has 1 aliphatic rings. The normalized spacial score (nSPS) is 23.0. The third kappa shape index (κ3) is 2.71. The maximum absolute atomic E-state index is 5.88. The fourth-order valence-corrected chi connectivity index (χ4v) is 2.12. The van der Waals surface area contributed by atoms with Gasteiger partial charge >= 0.3 is 6.41 Å². The van der Waals surface area contributed by atoms with Crippen LogP contribution in [-0.4, -0.2) is 43.7 Å². The fraction of sp³-hybridized carbons (Fsp3) is 1.00. The van der Waals surface area contributed by atoms with Crippen molar-refractivity contribution in [3.8, 4) is 0 Å². The lowest BCUT2D eigenvalue weighted by Crippen LogP contribution is -2.60. The summed E-state index contributed by atoms with van der Waals surface area (Å²) in [4.78, 5) is 0. The zero-order valence-corrected chi connectivity index (χ0v) is 10.9. The van der Waals surface area contributed by atoms with E-state index in [1.807, 2.05) is 0 Å². The maximum atomic E-state index is 5.88. The monoisotopic (exact) mass is 216 g/mol. The van der Waals surface area contributed by atoms with Crippen molar-refractivity contribution < 1.29 is 14.0 Å². The van der Waals surface area contributed by atoms with E-state index in [1.54, 1.807) is 0 Å². The highest BCUT2D eigenvalue weighted by Gasteiger charge is 2.40. The molecule has 1 heterocycles. The quantitative estimate of drug-likeness (QED) is 0.671.